The molecule has 22 heavy (non-hydrogen) atoms. The molecule has 2 heterocycles. The van der Waals surface area contributed by atoms with Crippen LogP contribution in [0, 0.1) is 11.6 Å². The van der Waals surface area contributed by atoms with Crippen molar-refractivity contribution in [3.8, 4) is 22.8 Å². The van der Waals surface area contributed by atoms with Gasteiger partial charge in [-0.2, -0.15) is 4.68 Å². The van der Waals surface area contributed by atoms with Crippen molar-refractivity contribution in [3.63, 3.8) is 0 Å². The van der Waals surface area contributed by atoms with Crippen molar-refractivity contribution in [1.29, 1.82) is 0 Å². The highest BCUT2D eigenvalue weighted by Crippen LogP contribution is 2.36. The van der Waals surface area contributed by atoms with E-state index < -0.39 is 12.2 Å². The molecule has 0 amide bonds. The van der Waals surface area contributed by atoms with E-state index in [2.05, 4.69) is 15.4 Å². The maximum Gasteiger partial charge on any atom is 0.227 e. The minimum Gasteiger partial charge on any atom is -0.355 e. The molecule has 110 valence electrons. The molecule has 1 aliphatic rings. The summed E-state index contributed by atoms with van der Waals surface area (Å²) >= 11 is 0. The summed E-state index contributed by atoms with van der Waals surface area (Å²) in [6.07, 6.45) is -1.22. The highest BCUT2D eigenvalue weighted by molar-refractivity contribution is 5.77. The Bertz CT molecular complexity index is 860. The number of halogens is 2. The Kier molecular flexibility index (Phi) is 2.70. The van der Waals surface area contributed by atoms with Gasteiger partial charge in [-0.3, -0.25) is 0 Å². The van der Waals surface area contributed by atoms with Crippen LogP contribution in [-0.2, 0) is 0 Å². The molecule has 1 atom stereocenters. The Labute approximate surface area is 123 Å². The minimum atomic E-state index is -1.22. The van der Waals surface area contributed by atoms with E-state index >= 15 is 0 Å². The number of aliphatic hydroxyl groups is 1. The Morgan fingerprint density at radius 1 is 1.09 bits per heavy atom. The van der Waals surface area contributed by atoms with Gasteiger partial charge in [0.2, 0.25) is 6.35 Å². The van der Waals surface area contributed by atoms with Crippen LogP contribution in [0.2, 0.25) is 0 Å². The third-order valence-corrected chi connectivity index (χ3v) is 3.49. The molecular formula is C15H10F2N4O. The first-order valence-electron chi connectivity index (χ1n) is 6.59. The molecule has 0 saturated carbocycles. The number of nitrogens with one attached hydrogen (secondary N) is 1. The van der Waals surface area contributed by atoms with Gasteiger partial charge in [0.05, 0.1) is 5.69 Å². The largest absolute Gasteiger partial charge is 0.355 e. The molecule has 2 aromatic carbocycles. The second kappa shape index (κ2) is 4.60. The summed E-state index contributed by atoms with van der Waals surface area (Å²) in [6, 6.07) is 10.2. The predicted molar refractivity (Wildman–Crippen MR) is 75.7 cm³/mol. The fraction of sp³-hybridized carbons (Fsp3) is 0.0667. The Hall–Kier alpha value is -2.80. The van der Waals surface area contributed by atoms with Crippen molar-refractivity contribution in [2.24, 2.45) is 0 Å². The summed E-state index contributed by atoms with van der Waals surface area (Å²) in [7, 11) is 0. The van der Waals surface area contributed by atoms with E-state index in [1.54, 1.807) is 24.3 Å². The van der Waals surface area contributed by atoms with E-state index in [1.165, 1.54) is 22.9 Å². The lowest BCUT2D eigenvalue weighted by atomic mass is 10.1. The molecule has 5 nitrogen and oxygen atoms in total. The number of benzene rings is 2. The zero-order valence-corrected chi connectivity index (χ0v) is 11.2. The van der Waals surface area contributed by atoms with Crippen LogP contribution in [0.15, 0.2) is 42.5 Å². The molecule has 1 unspecified atom stereocenters. The average molecular weight is 300 g/mol. The number of rotatable bonds is 1. The molecule has 0 bridgehead atoms. The number of aromatic nitrogens is 3. The Morgan fingerprint density at radius 2 is 1.86 bits per heavy atom. The van der Waals surface area contributed by atoms with E-state index in [0.717, 1.165) is 0 Å². The van der Waals surface area contributed by atoms with Crippen molar-refractivity contribution >= 4 is 5.69 Å². The highest BCUT2D eigenvalue weighted by Gasteiger charge is 2.27. The third kappa shape index (κ3) is 1.86. The Balaban J connectivity index is 1.89. The molecule has 0 fully saturated rings. The van der Waals surface area contributed by atoms with Crippen LogP contribution in [0.5, 0.6) is 0 Å². The van der Waals surface area contributed by atoms with Crippen molar-refractivity contribution < 1.29 is 13.9 Å². The molecular weight excluding hydrogens is 290 g/mol. The maximum atomic E-state index is 13.8. The van der Waals surface area contributed by atoms with E-state index in [9.17, 15) is 13.9 Å². The number of para-hydroxylation sites is 1. The van der Waals surface area contributed by atoms with Crippen LogP contribution in [0.3, 0.4) is 0 Å². The molecule has 0 saturated heterocycles. The van der Waals surface area contributed by atoms with E-state index in [4.69, 9.17) is 0 Å². The third-order valence-electron chi connectivity index (χ3n) is 3.49. The lowest BCUT2D eigenvalue weighted by Gasteiger charge is -2.23. The molecule has 3 aromatic rings. The zero-order chi connectivity index (χ0) is 15.3. The lowest BCUT2D eigenvalue weighted by molar-refractivity contribution is 0.119. The zero-order valence-electron chi connectivity index (χ0n) is 11.2. The normalized spacial score (nSPS) is 15.9. The molecule has 7 heteroatoms. The van der Waals surface area contributed by atoms with Crippen molar-refractivity contribution in [1.82, 2.24) is 14.8 Å². The quantitative estimate of drug-likeness (QED) is 0.725. The lowest BCUT2D eigenvalue weighted by Crippen LogP contribution is -2.25. The van der Waals surface area contributed by atoms with Gasteiger partial charge in [-0.25, -0.2) is 13.8 Å². The number of nitrogens with zero attached hydrogens (tertiary/aromatic N) is 3. The van der Waals surface area contributed by atoms with Crippen LogP contribution >= 0.6 is 0 Å². The molecule has 1 aromatic heterocycles. The summed E-state index contributed by atoms with van der Waals surface area (Å²) in [5.41, 5.74) is 1.29. The minimum absolute atomic E-state index is 0.181. The average Bonchev–Trinajstić information content (AvgIpc) is 2.95. The first-order chi connectivity index (χ1) is 10.6. The van der Waals surface area contributed by atoms with Gasteiger partial charge < -0.3 is 10.4 Å². The smallest absolute Gasteiger partial charge is 0.227 e. The van der Waals surface area contributed by atoms with Gasteiger partial charge in [-0.05, 0) is 36.4 Å². The number of hydrogen-bond donors (Lipinski definition) is 2. The van der Waals surface area contributed by atoms with Crippen LogP contribution in [-0.4, -0.2) is 19.9 Å². The van der Waals surface area contributed by atoms with Crippen LogP contribution in [0.1, 0.15) is 6.35 Å². The predicted octanol–water partition coefficient (Wildman–Crippen LogP) is 2.76. The summed E-state index contributed by atoms with van der Waals surface area (Å²) in [5, 5.41) is 16.9. The second-order valence-electron chi connectivity index (χ2n) is 4.89. The standard InChI is InChI=1S/C15H10F2N4O/c16-9-6-4-8(5-7-9)13-19-14-10-2-1-3-11(17)12(10)18-15(22)21(14)20-13/h1-7,15,18,22H. The first-order valence-corrected chi connectivity index (χ1v) is 6.59. The topological polar surface area (TPSA) is 63.0 Å². The molecule has 0 aliphatic carbocycles. The Morgan fingerprint density at radius 3 is 2.64 bits per heavy atom. The molecule has 4 rings (SSSR count). The highest BCUT2D eigenvalue weighted by atomic mass is 19.1. The summed E-state index contributed by atoms with van der Waals surface area (Å²) in [5.74, 6) is -0.163. The summed E-state index contributed by atoms with van der Waals surface area (Å²) in [6.45, 7) is 0. The van der Waals surface area contributed by atoms with Crippen LogP contribution in [0.4, 0.5) is 14.5 Å². The van der Waals surface area contributed by atoms with Crippen molar-refractivity contribution in [3.05, 3.63) is 54.1 Å². The molecule has 0 radical (unpaired) electrons. The number of fused-ring (bicyclic) bond motifs is 3. The van der Waals surface area contributed by atoms with Gasteiger partial charge in [-0.15, -0.1) is 5.10 Å². The second-order valence-corrected chi connectivity index (χ2v) is 4.89. The van der Waals surface area contributed by atoms with Gasteiger partial charge >= 0.3 is 0 Å². The van der Waals surface area contributed by atoms with Gasteiger partial charge in [0, 0.05) is 11.1 Å². The van der Waals surface area contributed by atoms with Crippen LogP contribution < -0.4 is 5.32 Å². The van der Waals surface area contributed by atoms with Gasteiger partial charge in [0.25, 0.3) is 0 Å². The molecule has 1 aliphatic heterocycles. The SMILES string of the molecule is OC1Nc2c(F)cccc2-c2nc(-c3ccc(F)cc3)nn21. The van der Waals surface area contributed by atoms with Crippen molar-refractivity contribution in [2.75, 3.05) is 5.32 Å². The number of hydrogen-bond acceptors (Lipinski definition) is 4. The number of anilines is 1. The molecule has 2 N–H and O–H groups in total. The molecule has 0 spiro atoms. The van der Waals surface area contributed by atoms with E-state index in [1.807, 2.05) is 0 Å². The van der Waals surface area contributed by atoms with E-state index in [0.29, 0.717) is 22.8 Å². The van der Waals surface area contributed by atoms with Gasteiger partial charge in [-0.1, -0.05) is 6.07 Å². The fourth-order valence-electron chi connectivity index (χ4n) is 2.45. The maximum absolute atomic E-state index is 13.8. The van der Waals surface area contributed by atoms with Crippen LogP contribution in [0.25, 0.3) is 22.8 Å². The van der Waals surface area contributed by atoms with E-state index in [-0.39, 0.29) is 11.5 Å². The summed E-state index contributed by atoms with van der Waals surface area (Å²) in [4.78, 5) is 4.35. The number of aliphatic hydroxyl groups excluding tert-OH is 1. The monoisotopic (exact) mass is 300 g/mol. The fourth-order valence-corrected chi connectivity index (χ4v) is 2.45. The van der Waals surface area contributed by atoms with Gasteiger partial charge in [0.1, 0.15) is 11.6 Å². The van der Waals surface area contributed by atoms with Gasteiger partial charge in [0.15, 0.2) is 11.6 Å². The first kappa shape index (κ1) is 12.9. The summed E-state index contributed by atoms with van der Waals surface area (Å²) < 4.78 is 28.1. The van der Waals surface area contributed by atoms with Crippen molar-refractivity contribution in [2.45, 2.75) is 6.35 Å².